The van der Waals surface area contributed by atoms with Crippen molar-refractivity contribution in [1.82, 2.24) is 29.7 Å². The Morgan fingerprint density at radius 1 is 0.963 bits per heavy atom. The van der Waals surface area contributed by atoms with Gasteiger partial charge in [0, 0.05) is 0 Å². The fraction of sp³-hybridized carbons (Fsp3) is 0.100. The molecule has 0 unspecified atom stereocenters. The lowest BCUT2D eigenvalue weighted by Crippen LogP contribution is -2.02. The maximum absolute atomic E-state index is 4.63. The van der Waals surface area contributed by atoms with Gasteiger partial charge < -0.3 is 4.98 Å². The first-order valence-electron chi connectivity index (χ1n) is 8.64. The van der Waals surface area contributed by atoms with Crippen molar-refractivity contribution in [3.63, 3.8) is 0 Å². The Balaban J connectivity index is 1.40. The average molecular weight is 372 g/mol. The highest BCUT2D eigenvalue weighted by molar-refractivity contribution is 7.98. The van der Waals surface area contributed by atoms with Crippen molar-refractivity contribution in [2.24, 2.45) is 0 Å². The number of aromatic amines is 1. The first kappa shape index (κ1) is 16.0. The third kappa shape index (κ3) is 3.17. The highest BCUT2D eigenvalue weighted by atomic mass is 32.2. The van der Waals surface area contributed by atoms with Gasteiger partial charge in [0.15, 0.2) is 5.65 Å². The molecule has 0 aliphatic carbocycles. The minimum absolute atomic E-state index is 0.690. The predicted octanol–water partition coefficient (Wildman–Crippen LogP) is 4.04. The van der Waals surface area contributed by atoms with Crippen LogP contribution in [0.1, 0.15) is 11.4 Å². The highest BCUT2D eigenvalue weighted by Gasteiger charge is 2.12. The molecule has 27 heavy (non-hydrogen) atoms. The molecule has 0 bridgehead atoms. The van der Waals surface area contributed by atoms with E-state index in [9.17, 15) is 0 Å². The second kappa shape index (κ2) is 6.85. The summed E-state index contributed by atoms with van der Waals surface area (Å²) in [4.78, 5) is 16.9. The number of nitrogens with one attached hydrogen (secondary N) is 1. The van der Waals surface area contributed by atoms with E-state index in [0.717, 1.165) is 32.9 Å². The number of thioether (sulfide) groups is 1. The lowest BCUT2D eigenvalue weighted by atomic mass is 10.2. The summed E-state index contributed by atoms with van der Waals surface area (Å²) in [6, 6.07) is 18.3. The molecule has 0 spiro atoms. The van der Waals surface area contributed by atoms with Crippen LogP contribution < -0.4 is 0 Å². The molecule has 7 heteroatoms. The van der Waals surface area contributed by atoms with Crippen LogP contribution in [0.2, 0.25) is 0 Å². The number of rotatable bonds is 5. The minimum Gasteiger partial charge on any atom is -0.341 e. The van der Waals surface area contributed by atoms with Gasteiger partial charge >= 0.3 is 0 Å². The van der Waals surface area contributed by atoms with E-state index in [1.165, 1.54) is 5.56 Å². The number of hydrogen-bond acceptors (Lipinski definition) is 5. The molecule has 5 rings (SSSR count). The fourth-order valence-electron chi connectivity index (χ4n) is 3.07. The van der Waals surface area contributed by atoms with Crippen LogP contribution in [0.4, 0.5) is 0 Å². The number of H-pyrrole nitrogens is 1. The van der Waals surface area contributed by atoms with Gasteiger partial charge in [0.05, 0.1) is 34.9 Å². The van der Waals surface area contributed by atoms with Crippen LogP contribution in [-0.4, -0.2) is 29.7 Å². The van der Waals surface area contributed by atoms with E-state index in [1.54, 1.807) is 18.1 Å². The SMILES string of the molecule is c1ccc(Cn2ncc3c(SCc4nc5ccccc5[nH]4)ncnc32)cc1. The standard InChI is InChI=1S/C20H16N6S/c1-2-6-14(7-3-1)11-26-19-15(10-23-26)20(22-13-21-19)27-12-18-24-16-8-4-5-9-17(16)25-18/h1-10,13H,11-12H2,(H,24,25). The molecule has 0 aliphatic heterocycles. The molecule has 0 saturated heterocycles. The van der Waals surface area contributed by atoms with E-state index in [1.807, 2.05) is 53.3 Å². The molecule has 0 atom stereocenters. The molecule has 0 fully saturated rings. The van der Waals surface area contributed by atoms with Crippen LogP contribution in [0.25, 0.3) is 22.1 Å². The van der Waals surface area contributed by atoms with Crippen molar-refractivity contribution in [2.75, 3.05) is 0 Å². The van der Waals surface area contributed by atoms with Crippen LogP contribution in [0.5, 0.6) is 0 Å². The Kier molecular flexibility index (Phi) is 4.06. The number of fused-ring (bicyclic) bond motifs is 2. The quantitative estimate of drug-likeness (QED) is 0.372. The monoisotopic (exact) mass is 372 g/mol. The van der Waals surface area contributed by atoms with Crippen LogP contribution >= 0.6 is 11.8 Å². The zero-order valence-electron chi connectivity index (χ0n) is 14.4. The lowest BCUT2D eigenvalue weighted by molar-refractivity contribution is 0.703. The van der Waals surface area contributed by atoms with Crippen molar-refractivity contribution >= 4 is 33.8 Å². The molecule has 3 aromatic heterocycles. The Bertz CT molecular complexity index is 1180. The molecule has 6 nitrogen and oxygen atoms in total. The Labute approximate surface area is 159 Å². The second-order valence-corrected chi connectivity index (χ2v) is 7.16. The van der Waals surface area contributed by atoms with Crippen LogP contribution in [-0.2, 0) is 12.3 Å². The van der Waals surface area contributed by atoms with Gasteiger partial charge in [0.1, 0.15) is 17.2 Å². The van der Waals surface area contributed by atoms with Gasteiger partial charge in [-0.05, 0) is 17.7 Å². The lowest BCUT2D eigenvalue weighted by Gasteiger charge is -2.04. The Hall–Kier alpha value is -3.19. The minimum atomic E-state index is 0.690. The molecule has 1 N–H and O–H groups in total. The topological polar surface area (TPSA) is 72.3 Å². The summed E-state index contributed by atoms with van der Waals surface area (Å²) >= 11 is 1.64. The van der Waals surface area contributed by atoms with Crippen molar-refractivity contribution < 1.29 is 0 Å². The number of hydrogen-bond donors (Lipinski definition) is 1. The van der Waals surface area contributed by atoms with E-state index in [-0.39, 0.29) is 0 Å². The molecular formula is C20H16N6S. The highest BCUT2D eigenvalue weighted by Crippen LogP contribution is 2.27. The summed E-state index contributed by atoms with van der Waals surface area (Å²) in [6.07, 6.45) is 3.45. The molecule has 0 amide bonds. The van der Waals surface area contributed by atoms with Crippen molar-refractivity contribution in [3.05, 3.63) is 78.5 Å². The average Bonchev–Trinajstić information content (AvgIpc) is 3.31. The van der Waals surface area contributed by atoms with Gasteiger partial charge in [-0.25, -0.2) is 19.6 Å². The van der Waals surface area contributed by atoms with E-state index >= 15 is 0 Å². The van der Waals surface area contributed by atoms with Crippen molar-refractivity contribution in [3.8, 4) is 0 Å². The molecule has 3 heterocycles. The summed E-state index contributed by atoms with van der Waals surface area (Å²) in [7, 11) is 0. The van der Waals surface area contributed by atoms with E-state index in [0.29, 0.717) is 12.3 Å². The molecular weight excluding hydrogens is 356 g/mol. The zero-order chi connectivity index (χ0) is 18.1. The van der Waals surface area contributed by atoms with Crippen molar-refractivity contribution in [1.29, 1.82) is 0 Å². The first-order valence-corrected chi connectivity index (χ1v) is 9.62. The van der Waals surface area contributed by atoms with Gasteiger partial charge in [-0.3, -0.25) is 0 Å². The number of para-hydroxylation sites is 2. The molecule has 5 aromatic rings. The smallest absolute Gasteiger partial charge is 0.162 e. The maximum Gasteiger partial charge on any atom is 0.162 e. The van der Waals surface area contributed by atoms with Crippen molar-refractivity contribution in [2.45, 2.75) is 17.3 Å². The summed E-state index contributed by atoms with van der Waals surface area (Å²) in [6.45, 7) is 0.690. The number of nitrogens with zero attached hydrogens (tertiary/aromatic N) is 5. The Morgan fingerprint density at radius 3 is 2.70 bits per heavy atom. The van der Waals surface area contributed by atoms with Crippen LogP contribution in [0.3, 0.4) is 0 Å². The van der Waals surface area contributed by atoms with Gasteiger partial charge in [0.2, 0.25) is 0 Å². The Morgan fingerprint density at radius 2 is 1.81 bits per heavy atom. The molecule has 132 valence electrons. The largest absolute Gasteiger partial charge is 0.341 e. The third-order valence-electron chi connectivity index (χ3n) is 4.36. The predicted molar refractivity (Wildman–Crippen MR) is 107 cm³/mol. The van der Waals surface area contributed by atoms with Crippen LogP contribution in [0, 0.1) is 0 Å². The van der Waals surface area contributed by atoms with Crippen LogP contribution in [0.15, 0.2) is 72.1 Å². The summed E-state index contributed by atoms with van der Waals surface area (Å²) < 4.78 is 1.91. The van der Waals surface area contributed by atoms with E-state index in [2.05, 4.69) is 37.2 Å². The van der Waals surface area contributed by atoms with Gasteiger partial charge in [-0.15, -0.1) is 0 Å². The van der Waals surface area contributed by atoms with E-state index < -0.39 is 0 Å². The maximum atomic E-state index is 4.63. The molecule has 0 aliphatic rings. The van der Waals surface area contributed by atoms with Gasteiger partial charge in [-0.1, -0.05) is 54.2 Å². The normalized spacial score (nSPS) is 11.4. The molecule has 2 aromatic carbocycles. The first-order chi connectivity index (χ1) is 13.4. The fourth-order valence-corrected chi connectivity index (χ4v) is 3.90. The molecule has 0 saturated carbocycles. The summed E-state index contributed by atoms with van der Waals surface area (Å²) in [5.74, 6) is 1.65. The number of imidazole rings is 1. The van der Waals surface area contributed by atoms with E-state index in [4.69, 9.17) is 0 Å². The van der Waals surface area contributed by atoms with Gasteiger partial charge in [0.25, 0.3) is 0 Å². The number of benzene rings is 2. The third-order valence-corrected chi connectivity index (χ3v) is 5.37. The zero-order valence-corrected chi connectivity index (χ0v) is 15.2. The second-order valence-electron chi connectivity index (χ2n) is 6.19. The summed E-state index contributed by atoms with van der Waals surface area (Å²) in [5, 5.41) is 6.40. The number of aromatic nitrogens is 6. The summed E-state index contributed by atoms with van der Waals surface area (Å²) in [5.41, 5.74) is 4.08. The molecule has 0 radical (unpaired) electrons. The van der Waals surface area contributed by atoms with Gasteiger partial charge in [-0.2, -0.15) is 5.10 Å².